The number of carbonyl (C=O) groups excluding carboxylic acids is 2. The second-order valence-corrected chi connectivity index (χ2v) is 6.78. The Balaban J connectivity index is 1.52. The summed E-state index contributed by atoms with van der Waals surface area (Å²) in [4.78, 5) is 27.9. The number of benzene rings is 2. The van der Waals surface area contributed by atoms with E-state index >= 15 is 0 Å². The molecule has 0 atom stereocenters. The molecule has 0 spiro atoms. The van der Waals surface area contributed by atoms with Crippen molar-refractivity contribution in [2.24, 2.45) is 0 Å². The third-order valence-corrected chi connectivity index (χ3v) is 4.69. The smallest absolute Gasteiger partial charge is 0.409 e. The summed E-state index contributed by atoms with van der Waals surface area (Å²) in [5, 5.41) is 0. The van der Waals surface area contributed by atoms with E-state index in [4.69, 9.17) is 9.47 Å². The third kappa shape index (κ3) is 5.03. The van der Waals surface area contributed by atoms with Crippen LogP contribution in [-0.2, 0) is 11.3 Å². The van der Waals surface area contributed by atoms with Crippen molar-refractivity contribution in [1.82, 2.24) is 9.80 Å². The third-order valence-electron chi connectivity index (χ3n) is 4.69. The number of nitrogens with zero attached hydrogens (tertiary/aromatic N) is 2. The molecule has 6 nitrogen and oxygen atoms in total. The van der Waals surface area contributed by atoms with Gasteiger partial charge in [0.05, 0.1) is 6.61 Å². The minimum Gasteiger partial charge on any atom is -0.489 e. The van der Waals surface area contributed by atoms with Crippen molar-refractivity contribution in [3.8, 4) is 5.75 Å². The van der Waals surface area contributed by atoms with Crippen LogP contribution in [0.4, 0.5) is 4.79 Å². The molecule has 2 aromatic rings. The molecule has 0 N–H and O–H groups in total. The van der Waals surface area contributed by atoms with E-state index in [-0.39, 0.29) is 12.0 Å². The number of amides is 2. The molecule has 2 aromatic carbocycles. The number of carbonyl (C=O) groups is 2. The molecule has 1 heterocycles. The molecule has 148 valence electrons. The lowest BCUT2D eigenvalue weighted by Crippen LogP contribution is -2.50. The molecule has 0 aliphatic carbocycles. The average Bonchev–Trinajstić information content (AvgIpc) is 2.72. The van der Waals surface area contributed by atoms with Crippen LogP contribution in [-0.4, -0.2) is 54.6 Å². The number of ether oxygens (including phenoxy) is 2. The van der Waals surface area contributed by atoms with Gasteiger partial charge < -0.3 is 19.3 Å². The van der Waals surface area contributed by atoms with Gasteiger partial charge in [-0.2, -0.15) is 0 Å². The van der Waals surface area contributed by atoms with Crippen LogP contribution >= 0.6 is 0 Å². The Labute approximate surface area is 165 Å². The standard InChI is InChI=1S/C22H26N2O4/c1-3-27-22(26)24-13-11-23(12-14-24)21(25)19-9-7-18(8-10-19)16-28-20-6-4-5-17(2)15-20/h4-10,15H,3,11-14,16H2,1-2H3. The normalized spacial score (nSPS) is 13.9. The Hall–Kier alpha value is -3.02. The zero-order valence-corrected chi connectivity index (χ0v) is 16.4. The lowest BCUT2D eigenvalue weighted by Gasteiger charge is -2.34. The maximum Gasteiger partial charge on any atom is 0.409 e. The summed E-state index contributed by atoms with van der Waals surface area (Å²) in [6.07, 6.45) is -0.312. The van der Waals surface area contributed by atoms with Gasteiger partial charge in [-0.1, -0.05) is 24.3 Å². The van der Waals surface area contributed by atoms with Gasteiger partial charge in [0.1, 0.15) is 12.4 Å². The summed E-state index contributed by atoms with van der Waals surface area (Å²) in [5.41, 5.74) is 2.80. The summed E-state index contributed by atoms with van der Waals surface area (Å²) in [5.74, 6) is 0.814. The van der Waals surface area contributed by atoms with E-state index in [0.717, 1.165) is 16.9 Å². The number of rotatable bonds is 5. The molecular weight excluding hydrogens is 356 g/mol. The summed E-state index contributed by atoms with van der Waals surface area (Å²) in [6, 6.07) is 15.4. The number of aryl methyl sites for hydroxylation is 1. The van der Waals surface area contributed by atoms with Gasteiger partial charge in [0, 0.05) is 31.7 Å². The average molecular weight is 382 g/mol. The van der Waals surface area contributed by atoms with Crippen molar-refractivity contribution in [2.45, 2.75) is 20.5 Å². The van der Waals surface area contributed by atoms with E-state index in [1.165, 1.54) is 0 Å². The summed E-state index contributed by atoms with van der Waals surface area (Å²) < 4.78 is 10.8. The van der Waals surface area contributed by atoms with E-state index in [2.05, 4.69) is 0 Å². The fraction of sp³-hybridized carbons (Fsp3) is 0.364. The van der Waals surface area contributed by atoms with Crippen LogP contribution in [0.15, 0.2) is 48.5 Å². The maximum absolute atomic E-state index is 12.7. The first kappa shape index (κ1) is 19.7. The van der Waals surface area contributed by atoms with E-state index in [1.807, 2.05) is 55.5 Å². The summed E-state index contributed by atoms with van der Waals surface area (Å²) in [7, 11) is 0. The van der Waals surface area contributed by atoms with Gasteiger partial charge in [-0.15, -0.1) is 0 Å². The summed E-state index contributed by atoms with van der Waals surface area (Å²) >= 11 is 0. The van der Waals surface area contributed by atoms with Crippen LogP contribution < -0.4 is 4.74 Å². The SMILES string of the molecule is CCOC(=O)N1CCN(C(=O)c2ccc(COc3cccc(C)c3)cc2)CC1. The van der Waals surface area contributed by atoms with E-state index < -0.39 is 0 Å². The van der Waals surface area contributed by atoms with Crippen LogP contribution in [0.2, 0.25) is 0 Å². The van der Waals surface area contributed by atoms with Crippen LogP contribution in [0.25, 0.3) is 0 Å². The van der Waals surface area contributed by atoms with Gasteiger partial charge in [-0.3, -0.25) is 4.79 Å². The zero-order valence-electron chi connectivity index (χ0n) is 16.4. The minimum atomic E-state index is -0.312. The van der Waals surface area contributed by atoms with E-state index in [1.54, 1.807) is 16.7 Å². The second-order valence-electron chi connectivity index (χ2n) is 6.78. The molecule has 1 saturated heterocycles. The molecule has 0 unspecified atom stereocenters. The maximum atomic E-state index is 12.7. The van der Waals surface area contributed by atoms with Crippen molar-refractivity contribution in [3.63, 3.8) is 0 Å². The fourth-order valence-corrected chi connectivity index (χ4v) is 3.10. The van der Waals surface area contributed by atoms with Crippen LogP contribution in [0.1, 0.15) is 28.4 Å². The Morgan fingerprint density at radius 3 is 2.29 bits per heavy atom. The van der Waals surface area contributed by atoms with Crippen molar-refractivity contribution in [1.29, 1.82) is 0 Å². The minimum absolute atomic E-state index is 0.0188. The van der Waals surface area contributed by atoms with Gasteiger partial charge in [0.25, 0.3) is 5.91 Å². The molecule has 1 fully saturated rings. The van der Waals surface area contributed by atoms with Crippen LogP contribution in [0.5, 0.6) is 5.75 Å². The molecule has 1 aliphatic rings. The molecule has 2 amide bonds. The first-order valence-corrected chi connectivity index (χ1v) is 9.56. The molecule has 6 heteroatoms. The largest absolute Gasteiger partial charge is 0.489 e. The molecule has 3 rings (SSSR count). The molecule has 0 radical (unpaired) electrons. The van der Waals surface area contributed by atoms with Gasteiger partial charge in [0.2, 0.25) is 0 Å². The highest BCUT2D eigenvalue weighted by Crippen LogP contribution is 2.16. The highest BCUT2D eigenvalue weighted by molar-refractivity contribution is 5.94. The fourth-order valence-electron chi connectivity index (χ4n) is 3.10. The predicted octanol–water partition coefficient (Wildman–Crippen LogP) is 3.49. The van der Waals surface area contributed by atoms with E-state index in [9.17, 15) is 9.59 Å². The van der Waals surface area contributed by atoms with Crippen molar-refractivity contribution < 1.29 is 19.1 Å². The molecule has 28 heavy (non-hydrogen) atoms. The number of hydrogen-bond acceptors (Lipinski definition) is 4. The predicted molar refractivity (Wildman–Crippen MR) is 106 cm³/mol. The van der Waals surface area contributed by atoms with Crippen LogP contribution in [0.3, 0.4) is 0 Å². The van der Waals surface area contributed by atoms with Crippen molar-refractivity contribution >= 4 is 12.0 Å². The molecule has 1 aliphatic heterocycles. The Morgan fingerprint density at radius 2 is 1.64 bits per heavy atom. The highest BCUT2D eigenvalue weighted by atomic mass is 16.6. The Morgan fingerprint density at radius 1 is 0.964 bits per heavy atom. The number of hydrogen-bond donors (Lipinski definition) is 0. The molecule has 0 saturated carbocycles. The number of piperazine rings is 1. The first-order valence-electron chi connectivity index (χ1n) is 9.56. The summed E-state index contributed by atoms with van der Waals surface area (Å²) in [6.45, 7) is 6.63. The van der Waals surface area contributed by atoms with Gasteiger partial charge in [-0.05, 0) is 49.2 Å². The first-order chi connectivity index (χ1) is 13.6. The lowest BCUT2D eigenvalue weighted by atomic mass is 10.1. The van der Waals surface area contributed by atoms with Gasteiger partial charge >= 0.3 is 6.09 Å². The quantitative estimate of drug-likeness (QED) is 0.794. The zero-order chi connectivity index (χ0) is 19.9. The van der Waals surface area contributed by atoms with Gasteiger partial charge in [0.15, 0.2) is 0 Å². The van der Waals surface area contributed by atoms with Gasteiger partial charge in [-0.25, -0.2) is 4.79 Å². The Bertz CT molecular complexity index is 812. The highest BCUT2D eigenvalue weighted by Gasteiger charge is 2.25. The molecule has 0 bridgehead atoms. The van der Waals surface area contributed by atoms with E-state index in [0.29, 0.717) is 45.0 Å². The molecular formula is C22H26N2O4. The monoisotopic (exact) mass is 382 g/mol. The molecule has 0 aromatic heterocycles. The Kier molecular flexibility index (Phi) is 6.53. The second kappa shape index (κ2) is 9.26. The van der Waals surface area contributed by atoms with Crippen LogP contribution in [0, 0.1) is 6.92 Å². The topological polar surface area (TPSA) is 59.1 Å². The van der Waals surface area contributed by atoms with Crippen molar-refractivity contribution in [3.05, 3.63) is 65.2 Å². The van der Waals surface area contributed by atoms with Crippen molar-refractivity contribution in [2.75, 3.05) is 32.8 Å². The lowest BCUT2D eigenvalue weighted by molar-refractivity contribution is 0.0570.